The van der Waals surface area contributed by atoms with E-state index in [-0.39, 0.29) is 18.6 Å². The van der Waals surface area contributed by atoms with Crippen molar-refractivity contribution in [1.29, 1.82) is 0 Å². The van der Waals surface area contributed by atoms with Gasteiger partial charge in [-0.05, 0) is 31.5 Å². The molecule has 1 amide bonds. The van der Waals surface area contributed by atoms with E-state index < -0.39 is 0 Å². The number of rotatable bonds is 4. The van der Waals surface area contributed by atoms with Gasteiger partial charge in [0.25, 0.3) is 5.91 Å². The van der Waals surface area contributed by atoms with Crippen molar-refractivity contribution >= 4 is 29.1 Å². The highest BCUT2D eigenvalue weighted by atomic mass is 35.5. The summed E-state index contributed by atoms with van der Waals surface area (Å²) in [6.45, 7) is 1.77. The molecule has 19 heavy (non-hydrogen) atoms. The molecule has 1 aromatic carbocycles. The van der Waals surface area contributed by atoms with Gasteiger partial charge in [-0.1, -0.05) is 23.2 Å². The van der Waals surface area contributed by atoms with Crippen LogP contribution in [0.5, 0.6) is 5.75 Å². The average Bonchev–Trinajstić information content (AvgIpc) is 2.41. The summed E-state index contributed by atoms with van der Waals surface area (Å²) in [6, 6.07) is 5.09. The number of hydrogen-bond acceptors (Lipinski definition) is 3. The van der Waals surface area contributed by atoms with Gasteiger partial charge in [-0.25, -0.2) is 0 Å². The van der Waals surface area contributed by atoms with E-state index >= 15 is 0 Å². The first-order chi connectivity index (χ1) is 9.15. The maximum Gasteiger partial charge on any atom is 0.258 e. The molecular weight excluding hydrogens is 287 g/mol. The van der Waals surface area contributed by atoms with Gasteiger partial charge in [-0.15, -0.1) is 0 Å². The second kappa shape index (κ2) is 6.98. The number of piperidine rings is 1. The number of carbonyl (C=O) groups excluding carboxylic acids is 1. The highest BCUT2D eigenvalue weighted by Gasteiger charge is 2.15. The fraction of sp³-hybridized carbons (Fsp3) is 0.462. The van der Waals surface area contributed by atoms with Gasteiger partial charge in [0, 0.05) is 23.7 Å². The molecule has 1 fully saturated rings. The summed E-state index contributed by atoms with van der Waals surface area (Å²) < 4.78 is 5.37. The Morgan fingerprint density at radius 2 is 2.32 bits per heavy atom. The number of nitrogens with one attached hydrogen (secondary N) is 2. The molecule has 2 rings (SSSR count). The molecule has 6 heteroatoms. The molecule has 4 nitrogen and oxygen atoms in total. The molecule has 2 N–H and O–H groups in total. The lowest BCUT2D eigenvalue weighted by Gasteiger charge is -2.23. The van der Waals surface area contributed by atoms with E-state index in [1.54, 1.807) is 18.2 Å². The zero-order valence-electron chi connectivity index (χ0n) is 10.4. The normalized spacial score (nSPS) is 18.9. The van der Waals surface area contributed by atoms with Gasteiger partial charge < -0.3 is 15.4 Å². The van der Waals surface area contributed by atoms with Crippen LogP contribution in [0, 0.1) is 0 Å². The van der Waals surface area contributed by atoms with Crippen LogP contribution in [-0.4, -0.2) is 31.6 Å². The lowest BCUT2D eigenvalue weighted by molar-refractivity contribution is -0.123. The molecule has 0 aromatic heterocycles. The molecule has 1 aliphatic rings. The molecule has 1 saturated heterocycles. The Morgan fingerprint density at radius 1 is 1.47 bits per heavy atom. The summed E-state index contributed by atoms with van der Waals surface area (Å²) in [5, 5.41) is 7.12. The number of carbonyl (C=O) groups is 1. The quantitative estimate of drug-likeness (QED) is 0.897. The summed E-state index contributed by atoms with van der Waals surface area (Å²) in [5.41, 5.74) is 0. The smallest absolute Gasteiger partial charge is 0.258 e. The van der Waals surface area contributed by atoms with Crippen molar-refractivity contribution < 1.29 is 9.53 Å². The summed E-state index contributed by atoms with van der Waals surface area (Å²) in [6.07, 6.45) is 2.07. The zero-order valence-corrected chi connectivity index (χ0v) is 11.9. The Hall–Kier alpha value is -0.970. The highest BCUT2D eigenvalue weighted by molar-refractivity contribution is 6.34. The molecule has 0 radical (unpaired) electrons. The van der Waals surface area contributed by atoms with Crippen LogP contribution < -0.4 is 15.4 Å². The Morgan fingerprint density at radius 3 is 3.05 bits per heavy atom. The first-order valence-corrected chi connectivity index (χ1v) is 6.98. The van der Waals surface area contributed by atoms with Gasteiger partial charge in [0.15, 0.2) is 6.61 Å². The number of amides is 1. The third-order valence-electron chi connectivity index (χ3n) is 2.91. The molecular formula is C13H16Cl2N2O2. The van der Waals surface area contributed by atoms with E-state index in [0.29, 0.717) is 15.8 Å². The van der Waals surface area contributed by atoms with Crippen molar-refractivity contribution in [1.82, 2.24) is 10.6 Å². The Kier molecular flexibility index (Phi) is 5.31. The second-order valence-electron chi connectivity index (χ2n) is 4.47. The van der Waals surface area contributed by atoms with Crippen LogP contribution in [0.4, 0.5) is 0 Å². The van der Waals surface area contributed by atoms with Crippen LogP contribution in [-0.2, 0) is 4.79 Å². The predicted octanol–water partition coefficient (Wildman–Crippen LogP) is 2.24. The molecule has 0 spiro atoms. The van der Waals surface area contributed by atoms with Crippen molar-refractivity contribution in [2.45, 2.75) is 18.9 Å². The molecule has 1 unspecified atom stereocenters. The van der Waals surface area contributed by atoms with Gasteiger partial charge in [0.1, 0.15) is 5.75 Å². The van der Waals surface area contributed by atoms with E-state index in [1.165, 1.54) is 0 Å². The van der Waals surface area contributed by atoms with Gasteiger partial charge in [-0.3, -0.25) is 4.79 Å². The van der Waals surface area contributed by atoms with E-state index in [4.69, 9.17) is 27.9 Å². The predicted molar refractivity (Wildman–Crippen MR) is 76.0 cm³/mol. The highest BCUT2D eigenvalue weighted by Crippen LogP contribution is 2.27. The monoisotopic (exact) mass is 302 g/mol. The Labute approximate surface area is 122 Å². The van der Waals surface area contributed by atoms with Crippen LogP contribution in [0.1, 0.15) is 12.8 Å². The van der Waals surface area contributed by atoms with Crippen LogP contribution in [0.15, 0.2) is 18.2 Å². The minimum absolute atomic E-state index is 0.0590. The van der Waals surface area contributed by atoms with Gasteiger partial charge >= 0.3 is 0 Å². The third kappa shape index (κ3) is 4.56. The first-order valence-electron chi connectivity index (χ1n) is 6.23. The van der Waals surface area contributed by atoms with Gasteiger partial charge in [0.2, 0.25) is 0 Å². The lowest BCUT2D eigenvalue weighted by Crippen LogP contribution is -2.47. The Bertz CT molecular complexity index is 448. The Balaban J connectivity index is 1.81. The van der Waals surface area contributed by atoms with Crippen molar-refractivity contribution in [3.05, 3.63) is 28.2 Å². The van der Waals surface area contributed by atoms with Crippen LogP contribution >= 0.6 is 23.2 Å². The van der Waals surface area contributed by atoms with Crippen molar-refractivity contribution in [3.8, 4) is 5.75 Å². The maximum atomic E-state index is 11.7. The molecule has 1 atom stereocenters. The molecule has 1 aliphatic heterocycles. The fourth-order valence-corrected chi connectivity index (χ4v) is 2.31. The maximum absolute atomic E-state index is 11.7. The fourth-order valence-electron chi connectivity index (χ4n) is 1.98. The van der Waals surface area contributed by atoms with Crippen molar-refractivity contribution in [2.75, 3.05) is 19.7 Å². The van der Waals surface area contributed by atoms with E-state index in [1.807, 2.05) is 0 Å². The molecule has 1 heterocycles. The summed E-state index contributed by atoms with van der Waals surface area (Å²) in [5.74, 6) is 0.274. The first kappa shape index (κ1) is 14.4. The largest absolute Gasteiger partial charge is 0.482 e. The molecule has 0 saturated carbocycles. The topological polar surface area (TPSA) is 50.4 Å². The second-order valence-corrected chi connectivity index (χ2v) is 5.32. The van der Waals surface area contributed by atoms with Gasteiger partial charge in [0.05, 0.1) is 5.02 Å². The number of hydrogen-bond donors (Lipinski definition) is 2. The molecule has 0 aliphatic carbocycles. The zero-order chi connectivity index (χ0) is 13.7. The van der Waals surface area contributed by atoms with Crippen molar-refractivity contribution in [2.24, 2.45) is 0 Å². The average molecular weight is 303 g/mol. The number of ether oxygens (including phenoxy) is 1. The van der Waals surface area contributed by atoms with Crippen molar-refractivity contribution in [3.63, 3.8) is 0 Å². The molecule has 1 aromatic rings. The van der Waals surface area contributed by atoms with E-state index in [2.05, 4.69) is 10.6 Å². The number of benzene rings is 1. The van der Waals surface area contributed by atoms with Crippen LogP contribution in [0.2, 0.25) is 10.0 Å². The standard InChI is InChI=1S/C13H16Cl2N2O2/c14-9-3-4-11(15)12(6-9)19-8-13(18)17-10-2-1-5-16-7-10/h3-4,6,10,16H,1-2,5,7-8H2,(H,17,18). The molecule has 104 valence electrons. The van der Waals surface area contributed by atoms with E-state index in [9.17, 15) is 4.79 Å². The lowest BCUT2D eigenvalue weighted by atomic mass is 10.1. The minimum Gasteiger partial charge on any atom is -0.482 e. The summed E-state index contributed by atoms with van der Waals surface area (Å²) in [7, 11) is 0. The van der Waals surface area contributed by atoms with Crippen LogP contribution in [0.25, 0.3) is 0 Å². The molecule has 0 bridgehead atoms. The third-order valence-corrected chi connectivity index (χ3v) is 3.46. The van der Waals surface area contributed by atoms with Gasteiger partial charge in [-0.2, -0.15) is 0 Å². The summed E-state index contributed by atoms with van der Waals surface area (Å²) >= 11 is 11.8. The minimum atomic E-state index is -0.148. The van der Waals surface area contributed by atoms with E-state index in [0.717, 1.165) is 25.9 Å². The summed E-state index contributed by atoms with van der Waals surface area (Å²) in [4.78, 5) is 11.7. The van der Waals surface area contributed by atoms with Crippen LogP contribution in [0.3, 0.4) is 0 Å². The number of halogens is 2. The SMILES string of the molecule is O=C(COc1cc(Cl)ccc1Cl)NC1CCCNC1.